The molecule has 8 aromatic carbocycles. The van der Waals surface area contributed by atoms with E-state index in [0.717, 1.165) is 17.1 Å². The van der Waals surface area contributed by atoms with Crippen molar-refractivity contribution in [1.82, 2.24) is 13.7 Å². The van der Waals surface area contributed by atoms with Gasteiger partial charge in [0.15, 0.2) is 0 Å². The van der Waals surface area contributed by atoms with Crippen LogP contribution in [0.2, 0.25) is 0 Å². The molecular weight excluding hydrogens is 723 g/mol. The van der Waals surface area contributed by atoms with Crippen LogP contribution in [-0.2, 0) is 0 Å². The zero-order chi connectivity index (χ0) is 37.9. The third-order valence-electron chi connectivity index (χ3n) is 12.5. The molecule has 2 atom stereocenters. The number of benzene rings is 8. The van der Waals surface area contributed by atoms with Gasteiger partial charge in [0.25, 0.3) is 0 Å². The van der Waals surface area contributed by atoms with Crippen molar-refractivity contribution in [3.05, 3.63) is 206 Å². The van der Waals surface area contributed by atoms with Gasteiger partial charge in [0.2, 0.25) is 0 Å². The minimum absolute atomic E-state index is 0.416. The predicted octanol–water partition coefficient (Wildman–Crippen LogP) is 14.3. The fourth-order valence-electron chi connectivity index (χ4n) is 10.1. The Morgan fingerprint density at radius 3 is 1.57 bits per heavy atom. The van der Waals surface area contributed by atoms with E-state index in [1.807, 2.05) is 11.8 Å². The van der Waals surface area contributed by atoms with Crippen molar-refractivity contribution in [2.24, 2.45) is 0 Å². The Hall–Kier alpha value is -7.01. The van der Waals surface area contributed by atoms with Crippen molar-refractivity contribution >= 4 is 77.2 Å². The maximum atomic E-state index is 2.56. The molecule has 272 valence electrons. The summed E-state index contributed by atoms with van der Waals surface area (Å²) < 4.78 is 7.45. The molecule has 4 heterocycles. The Morgan fingerprint density at radius 1 is 0.379 bits per heavy atom. The maximum absolute atomic E-state index is 2.56. The molecule has 1 aliphatic heterocycles. The molecule has 3 nitrogen and oxygen atoms in total. The van der Waals surface area contributed by atoms with E-state index < -0.39 is 0 Å². The highest BCUT2D eigenvalue weighted by Crippen LogP contribution is 2.50. The third kappa shape index (κ3) is 4.46. The van der Waals surface area contributed by atoms with Gasteiger partial charge in [-0.05, 0) is 95.6 Å². The van der Waals surface area contributed by atoms with Crippen molar-refractivity contribution in [3.63, 3.8) is 0 Å². The van der Waals surface area contributed by atoms with Crippen LogP contribution in [0.1, 0.15) is 11.5 Å². The number of allylic oxidation sites excluding steroid dienone is 3. The second kappa shape index (κ2) is 12.2. The molecule has 0 saturated heterocycles. The van der Waals surface area contributed by atoms with Crippen LogP contribution >= 0.6 is 11.8 Å². The van der Waals surface area contributed by atoms with E-state index in [-0.39, 0.29) is 0 Å². The number of hydrogen-bond donors (Lipinski definition) is 0. The molecule has 0 spiro atoms. The van der Waals surface area contributed by atoms with Crippen LogP contribution < -0.4 is 0 Å². The van der Waals surface area contributed by atoms with E-state index in [2.05, 4.69) is 214 Å². The second-order valence-corrected chi connectivity index (χ2v) is 16.8. The first-order valence-electron chi connectivity index (χ1n) is 20.1. The second-order valence-electron chi connectivity index (χ2n) is 15.6. The highest BCUT2D eigenvalue weighted by Gasteiger charge is 2.31. The van der Waals surface area contributed by atoms with Gasteiger partial charge in [-0.3, -0.25) is 0 Å². The smallest absolute Gasteiger partial charge is 0.0641 e. The minimum Gasteiger partial charge on any atom is -0.309 e. The van der Waals surface area contributed by atoms with Crippen molar-refractivity contribution in [2.45, 2.75) is 16.1 Å². The lowest BCUT2D eigenvalue weighted by molar-refractivity contribution is 0.881. The van der Waals surface area contributed by atoms with Crippen molar-refractivity contribution < 1.29 is 0 Å². The summed E-state index contributed by atoms with van der Waals surface area (Å²) in [5, 5.41) is 7.99. The quantitative estimate of drug-likeness (QED) is 0.174. The molecule has 4 heteroatoms. The summed E-state index contributed by atoms with van der Waals surface area (Å²) in [5.74, 6) is 0.416. The Balaban J connectivity index is 1.18. The van der Waals surface area contributed by atoms with E-state index >= 15 is 0 Å². The van der Waals surface area contributed by atoms with Gasteiger partial charge in [-0.15, -0.1) is 11.8 Å². The Bertz CT molecular complexity index is 3530. The summed E-state index contributed by atoms with van der Waals surface area (Å²) in [6.45, 7) is 0. The van der Waals surface area contributed by atoms with Crippen LogP contribution in [0.3, 0.4) is 0 Å². The first-order chi connectivity index (χ1) is 28.8. The lowest BCUT2D eigenvalue weighted by atomic mass is 9.90. The fourth-order valence-corrected chi connectivity index (χ4v) is 11.4. The molecule has 2 aliphatic rings. The molecule has 2 unspecified atom stereocenters. The molecule has 58 heavy (non-hydrogen) atoms. The molecule has 11 aromatic rings. The van der Waals surface area contributed by atoms with Crippen molar-refractivity contribution in [2.75, 3.05) is 0 Å². The molecule has 13 rings (SSSR count). The first kappa shape index (κ1) is 32.1. The highest BCUT2D eigenvalue weighted by molar-refractivity contribution is 8.00. The topological polar surface area (TPSA) is 14.8 Å². The number of para-hydroxylation sites is 4. The number of hydrogen-bond acceptors (Lipinski definition) is 1. The number of nitrogens with zero attached hydrogens (tertiary/aromatic N) is 3. The summed E-state index contributed by atoms with van der Waals surface area (Å²) in [6, 6.07) is 65.1. The average molecular weight is 758 g/mol. The van der Waals surface area contributed by atoms with Gasteiger partial charge in [-0.25, -0.2) is 0 Å². The predicted molar refractivity (Wildman–Crippen MR) is 246 cm³/mol. The zero-order valence-electron chi connectivity index (χ0n) is 31.5. The van der Waals surface area contributed by atoms with E-state index in [9.17, 15) is 0 Å². The van der Waals surface area contributed by atoms with E-state index in [1.54, 1.807) is 0 Å². The van der Waals surface area contributed by atoms with Crippen LogP contribution in [0.5, 0.6) is 0 Å². The Kier molecular flexibility index (Phi) is 6.78. The monoisotopic (exact) mass is 757 g/mol. The van der Waals surface area contributed by atoms with Gasteiger partial charge in [-0.1, -0.05) is 121 Å². The molecular formula is C54H35N3S. The summed E-state index contributed by atoms with van der Waals surface area (Å²) in [6.07, 6.45) is 9.12. The molecule has 0 N–H and O–H groups in total. The first-order valence-corrected chi connectivity index (χ1v) is 21.0. The van der Waals surface area contributed by atoms with Crippen LogP contribution in [0.15, 0.2) is 205 Å². The molecule has 0 amide bonds. The number of thioether (sulfide) groups is 1. The lowest BCUT2D eigenvalue weighted by Crippen LogP contribution is -2.06. The van der Waals surface area contributed by atoms with Crippen molar-refractivity contribution in [3.8, 4) is 28.2 Å². The Labute approximate surface area is 339 Å². The van der Waals surface area contributed by atoms with E-state index in [1.165, 1.54) is 87.0 Å². The zero-order valence-corrected chi connectivity index (χ0v) is 32.3. The molecule has 3 aromatic heterocycles. The maximum Gasteiger partial charge on any atom is 0.0641 e. The molecule has 0 bridgehead atoms. The van der Waals surface area contributed by atoms with Crippen molar-refractivity contribution in [1.29, 1.82) is 0 Å². The fraction of sp³-hybridized carbons (Fsp3) is 0.0370. The van der Waals surface area contributed by atoms with Crippen LogP contribution in [-0.4, -0.2) is 19.0 Å². The van der Waals surface area contributed by atoms with Gasteiger partial charge in [0.05, 0.1) is 33.1 Å². The summed E-state index contributed by atoms with van der Waals surface area (Å²) in [7, 11) is 0. The van der Waals surface area contributed by atoms with Gasteiger partial charge in [0, 0.05) is 65.4 Å². The van der Waals surface area contributed by atoms with Crippen LogP contribution in [0, 0.1) is 0 Å². The summed E-state index contributed by atoms with van der Waals surface area (Å²) in [5.41, 5.74) is 14.7. The molecule has 0 fully saturated rings. The number of rotatable bonds is 4. The summed E-state index contributed by atoms with van der Waals surface area (Å²) >= 11 is 1.99. The van der Waals surface area contributed by atoms with Gasteiger partial charge in [-0.2, -0.15) is 0 Å². The standard InChI is InChI=1S/C54H35N3S/c1-4-14-36(15-5-1)55-45-22-12-10-21-42(45)51-47(55)29-26-40-41-27-30-48-52(54(41)57(53(40)51)38-18-8-3-9-19-38)44-33-34(24-28-46(44)56(48)37-16-6-2-7-17-37)35-25-31-50-43(32-35)39-20-11-13-23-49(39)58-50/h1-33,39,49H. The molecule has 0 radical (unpaired) electrons. The normalized spacial score (nSPS) is 16.1. The minimum atomic E-state index is 0.416. The van der Waals surface area contributed by atoms with Gasteiger partial charge >= 0.3 is 0 Å². The molecule has 0 saturated carbocycles. The summed E-state index contributed by atoms with van der Waals surface area (Å²) in [4.78, 5) is 1.39. The van der Waals surface area contributed by atoms with E-state index in [4.69, 9.17) is 0 Å². The van der Waals surface area contributed by atoms with Gasteiger partial charge in [0.1, 0.15) is 0 Å². The largest absolute Gasteiger partial charge is 0.309 e. The third-order valence-corrected chi connectivity index (χ3v) is 13.9. The SMILES string of the molecule is C1=CC2Sc3ccc(-c4ccc5c(c4)c4c(ccc6c7ccc8c(c9ccccc9n8-c8ccccc8)c7n(-c7ccccc7)c64)n5-c4ccccc4)cc3C2C=C1. The Morgan fingerprint density at radius 2 is 0.897 bits per heavy atom. The van der Waals surface area contributed by atoms with E-state index in [0.29, 0.717) is 11.2 Å². The van der Waals surface area contributed by atoms with Crippen LogP contribution in [0.4, 0.5) is 0 Å². The van der Waals surface area contributed by atoms with Gasteiger partial charge < -0.3 is 13.7 Å². The average Bonchev–Trinajstić information content (AvgIpc) is 4.03. The number of fused-ring (bicyclic) bond motifs is 14. The molecule has 1 aliphatic carbocycles. The highest BCUT2D eigenvalue weighted by atomic mass is 32.2. The number of aromatic nitrogens is 3. The lowest BCUT2D eigenvalue weighted by Gasteiger charge is -2.15. The van der Waals surface area contributed by atoms with Crippen LogP contribution in [0.25, 0.3) is 93.6 Å².